The van der Waals surface area contributed by atoms with Crippen LogP contribution >= 0.6 is 25.3 Å². The molecule has 6 atom stereocenters. The van der Waals surface area contributed by atoms with Gasteiger partial charge in [-0.2, -0.15) is 25.3 Å². The number of sulfone groups is 2. The van der Waals surface area contributed by atoms with Crippen LogP contribution in [0.1, 0.15) is 71.8 Å². The highest BCUT2D eigenvalue weighted by atomic mass is 32.2. The molecule has 10 nitrogen and oxygen atoms in total. The van der Waals surface area contributed by atoms with Gasteiger partial charge >= 0.3 is 0 Å². The van der Waals surface area contributed by atoms with E-state index in [1.807, 2.05) is 43.3 Å². The van der Waals surface area contributed by atoms with Gasteiger partial charge < -0.3 is 21.3 Å². The Morgan fingerprint density at radius 3 is 1.47 bits per heavy atom. The van der Waals surface area contributed by atoms with Gasteiger partial charge in [0, 0.05) is 73.7 Å². The van der Waals surface area contributed by atoms with E-state index in [2.05, 4.69) is 46.5 Å². The fourth-order valence-electron chi connectivity index (χ4n) is 7.81. The number of halogens is 4. The maximum Gasteiger partial charge on any atom is 0.217 e. The zero-order chi connectivity index (χ0) is 45.4. The Bertz CT molecular complexity index is 2420. The lowest BCUT2D eigenvalue weighted by molar-refractivity contribution is -0.120. The summed E-state index contributed by atoms with van der Waals surface area (Å²) in [5, 5.41) is 11.3. The van der Waals surface area contributed by atoms with Crippen molar-refractivity contribution in [1.29, 1.82) is 0 Å². The highest BCUT2D eigenvalue weighted by Gasteiger charge is 2.32. The number of thiol groups is 2. The summed E-state index contributed by atoms with van der Waals surface area (Å²) in [6, 6.07) is 17.9. The molecule has 4 aromatic rings. The molecule has 0 fully saturated rings. The normalized spacial score (nSPS) is 19.3. The molecule has 4 aromatic carbocycles. The van der Waals surface area contributed by atoms with Crippen molar-refractivity contribution in [1.82, 2.24) is 21.3 Å². The first kappa shape index (κ1) is 49.1. The molecule has 0 aliphatic carbocycles. The van der Waals surface area contributed by atoms with Crippen molar-refractivity contribution >= 4 is 56.7 Å². The number of nitrogens with one attached hydrogen (secondary N) is 4. The number of amides is 2. The maximum atomic E-state index is 13.6. The third-order valence-corrected chi connectivity index (χ3v) is 14.9. The molecule has 18 heteroatoms. The van der Waals surface area contributed by atoms with Crippen molar-refractivity contribution in [2.75, 3.05) is 24.6 Å². The van der Waals surface area contributed by atoms with Crippen molar-refractivity contribution in [2.45, 2.75) is 86.2 Å². The minimum absolute atomic E-state index is 0.0192. The van der Waals surface area contributed by atoms with E-state index in [9.17, 15) is 44.0 Å². The Balaban J connectivity index is 0.000000235. The molecule has 0 bridgehead atoms. The second kappa shape index (κ2) is 21.6. The van der Waals surface area contributed by atoms with E-state index in [0.717, 1.165) is 46.4 Å². The van der Waals surface area contributed by atoms with E-state index in [4.69, 9.17) is 0 Å². The monoisotopic (exact) mass is 936 g/mol. The van der Waals surface area contributed by atoms with E-state index < -0.39 is 71.6 Å². The maximum absolute atomic E-state index is 13.6. The third kappa shape index (κ3) is 14.6. The Hall–Kier alpha value is -3.94. The van der Waals surface area contributed by atoms with E-state index in [1.165, 1.54) is 38.1 Å². The molecule has 2 heterocycles. The van der Waals surface area contributed by atoms with Crippen molar-refractivity contribution in [2.24, 2.45) is 0 Å². The van der Waals surface area contributed by atoms with Gasteiger partial charge in [-0.3, -0.25) is 9.59 Å². The van der Waals surface area contributed by atoms with Crippen LogP contribution in [0.2, 0.25) is 0 Å². The molecular weight excluding hydrogens is 885 g/mol. The van der Waals surface area contributed by atoms with Crippen LogP contribution in [0.3, 0.4) is 0 Å². The van der Waals surface area contributed by atoms with E-state index in [-0.39, 0.29) is 53.7 Å². The summed E-state index contributed by atoms with van der Waals surface area (Å²) < 4.78 is 104. The Morgan fingerprint density at radius 1 is 0.613 bits per heavy atom. The molecule has 0 radical (unpaired) electrons. The number of aryl methyl sites for hydroxylation is 1. The standard InChI is InChI=1S/C23H28F2N2O3S2.C21H24F2N2O3S2/c1-3-15-4-5-17-12-32(29,30)13-22(20(17)8-15)26-11-23(31)21(27-14(2)28)9-16-6-18(24)10-19(25)7-16;1-13(26)25-19(8-14-6-16(22)9-17(23)7-14)21(29)10-24-20-12-30(27,28)11-15-4-2-3-5-18(15)20/h4-8,10,21-23,26,31H,3,9,11-13H2,1-2H3,(H,27,28);2-7,9,19-21,24,29H,8,10-12H2,1H3,(H,25,26)/t21-,22?,23?;19-,20?,21?/m00/s1. The molecule has 4 unspecified atom stereocenters. The summed E-state index contributed by atoms with van der Waals surface area (Å²) in [5.74, 6) is -3.34. The van der Waals surface area contributed by atoms with Gasteiger partial charge in [-0.05, 0) is 82.5 Å². The smallest absolute Gasteiger partial charge is 0.217 e. The van der Waals surface area contributed by atoms with Gasteiger partial charge in [-0.1, -0.05) is 49.4 Å². The van der Waals surface area contributed by atoms with Gasteiger partial charge in [-0.25, -0.2) is 34.4 Å². The molecule has 2 aliphatic heterocycles. The topological polar surface area (TPSA) is 151 Å². The number of rotatable bonds is 15. The number of fused-ring (bicyclic) bond motifs is 2. The molecule has 0 spiro atoms. The van der Waals surface area contributed by atoms with Crippen LogP contribution in [0.4, 0.5) is 17.6 Å². The van der Waals surface area contributed by atoms with Crippen molar-refractivity contribution < 1.29 is 44.0 Å². The van der Waals surface area contributed by atoms with Gasteiger partial charge in [0.15, 0.2) is 19.7 Å². The molecule has 0 saturated heterocycles. The average Bonchev–Trinajstić information content (AvgIpc) is 3.16. The van der Waals surface area contributed by atoms with Crippen molar-refractivity contribution in [3.05, 3.63) is 141 Å². The summed E-state index contributed by atoms with van der Waals surface area (Å²) in [6.45, 7) is 5.35. The molecule has 6 rings (SSSR count). The van der Waals surface area contributed by atoms with Crippen LogP contribution in [0, 0.1) is 23.3 Å². The largest absolute Gasteiger partial charge is 0.352 e. The second-order valence-electron chi connectivity index (χ2n) is 15.8. The lowest BCUT2D eigenvalue weighted by atomic mass is 9.97. The summed E-state index contributed by atoms with van der Waals surface area (Å²) in [6.07, 6.45) is 1.21. The zero-order valence-corrected chi connectivity index (χ0v) is 37.9. The molecule has 4 N–H and O–H groups in total. The molecule has 336 valence electrons. The average molecular weight is 937 g/mol. The molecular formula is C44H52F4N4O6S4. The summed E-state index contributed by atoms with van der Waals surface area (Å²) in [4.78, 5) is 23.4. The molecule has 0 aromatic heterocycles. The van der Waals surface area contributed by atoms with Gasteiger partial charge in [0.05, 0.1) is 23.0 Å². The Labute approximate surface area is 372 Å². The predicted molar refractivity (Wildman–Crippen MR) is 240 cm³/mol. The van der Waals surface area contributed by atoms with Gasteiger partial charge in [0.25, 0.3) is 0 Å². The number of hydrogen-bond donors (Lipinski definition) is 6. The van der Waals surface area contributed by atoms with Crippen LogP contribution in [-0.4, -0.2) is 75.8 Å². The summed E-state index contributed by atoms with van der Waals surface area (Å²) in [7, 11) is -6.48. The van der Waals surface area contributed by atoms with E-state index >= 15 is 0 Å². The highest BCUT2D eigenvalue weighted by molar-refractivity contribution is 7.91. The minimum Gasteiger partial charge on any atom is -0.352 e. The first-order valence-electron chi connectivity index (χ1n) is 20.1. The van der Waals surface area contributed by atoms with Gasteiger partial charge in [0.2, 0.25) is 11.8 Å². The quantitative estimate of drug-likeness (QED) is 0.0657. The van der Waals surface area contributed by atoms with Gasteiger partial charge in [-0.15, -0.1) is 0 Å². The molecule has 62 heavy (non-hydrogen) atoms. The van der Waals surface area contributed by atoms with Crippen molar-refractivity contribution in [3.63, 3.8) is 0 Å². The fourth-order valence-corrected chi connectivity index (χ4v) is 11.7. The van der Waals surface area contributed by atoms with E-state index in [1.54, 1.807) is 6.07 Å². The number of hydrogen-bond acceptors (Lipinski definition) is 10. The molecule has 2 amide bonds. The first-order chi connectivity index (χ1) is 29.2. The van der Waals surface area contributed by atoms with Gasteiger partial charge in [0.1, 0.15) is 23.3 Å². The third-order valence-electron chi connectivity index (χ3n) is 10.6. The van der Waals surface area contributed by atoms with Crippen molar-refractivity contribution in [3.8, 4) is 0 Å². The first-order valence-corrected chi connectivity index (χ1v) is 24.7. The van der Waals surface area contributed by atoms with Crippen LogP contribution < -0.4 is 21.3 Å². The second-order valence-corrected chi connectivity index (χ2v) is 21.4. The predicted octanol–water partition coefficient (Wildman–Crippen LogP) is 5.70. The lowest BCUT2D eigenvalue weighted by Gasteiger charge is -2.30. The van der Waals surface area contributed by atoms with Crippen LogP contribution in [0.25, 0.3) is 0 Å². The van der Waals surface area contributed by atoms with Crippen LogP contribution in [0.5, 0.6) is 0 Å². The summed E-state index contributed by atoms with van der Waals surface area (Å²) >= 11 is 9.20. The number of benzene rings is 4. The Morgan fingerprint density at radius 2 is 1.03 bits per heavy atom. The minimum atomic E-state index is -3.25. The lowest BCUT2D eigenvalue weighted by Crippen LogP contribution is -2.47. The number of carbonyl (C=O) groups excluding carboxylic acids is 2. The highest BCUT2D eigenvalue weighted by Crippen LogP contribution is 2.31. The molecule has 0 saturated carbocycles. The van der Waals surface area contributed by atoms with Crippen LogP contribution in [0.15, 0.2) is 78.9 Å². The number of carbonyl (C=O) groups is 2. The fraction of sp³-hybridized carbons (Fsp3) is 0.409. The molecule has 2 aliphatic rings. The SMILES string of the molecule is CC(=O)N[C@@H](Cc1cc(F)cc(F)c1)C(S)CNC1CS(=O)(=O)Cc2ccccc21.CCc1ccc2c(c1)C(NCC(S)[C@H](Cc1cc(F)cc(F)c1)NC(C)=O)CS(=O)(=O)C2. The van der Waals surface area contributed by atoms with E-state index in [0.29, 0.717) is 24.2 Å². The zero-order valence-electron chi connectivity index (χ0n) is 34.5. The van der Waals surface area contributed by atoms with Crippen LogP contribution in [-0.2, 0) is 60.0 Å². The summed E-state index contributed by atoms with van der Waals surface area (Å²) in [5.41, 5.74) is 5.37. The Kier molecular flexibility index (Phi) is 17.1.